The molecule has 0 saturated heterocycles. The average molecular weight is 357 g/mol. The Labute approximate surface area is 153 Å². The number of hydrogen-bond acceptors (Lipinski definition) is 5. The lowest BCUT2D eigenvalue weighted by molar-refractivity contribution is -0.115. The molecule has 0 atom stereocenters. The van der Waals surface area contributed by atoms with E-state index in [1.807, 2.05) is 32.0 Å². The van der Waals surface area contributed by atoms with Gasteiger partial charge in [-0.15, -0.1) is 0 Å². The summed E-state index contributed by atoms with van der Waals surface area (Å²) < 4.78 is 15.7. The first-order valence-electron chi connectivity index (χ1n) is 8.44. The molecule has 0 aromatic heterocycles. The number of benzene rings is 2. The molecular formula is C20H23NO5. The summed E-state index contributed by atoms with van der Waals surface area (Å²) in [4.78, 5) is 23.7. The van der Waals surface area contributed by atoms with Crippen molar-refractivity contribution in [2.24, 2.45) is 0 Å². The lowest BCUT2D eigenvalue weighted by Crippen LogP contribution is -2.14. The summed E-state index contributed by atoms with van der Waals surface area (Å²) in [7, 11) is 1.32. The summed E-state index contributed by atoms with van der Waals surface area (Å²) in [5.41, 5.74) is 1.86. The number of nitrogens with one attached hydrogen (secondary N) is 1. The Bertz CT molecular complexity index is 755. The van der Waals surface area contributed by atoms with Gasteiger partial charge >= 0.3 is 5.97 Å². The van der Waals surface area contributed by atoms with Crippen molar-refractivity contribution in [3.05, 3.63) is 53.6 Å². The topological polar surface area (TPSA) is 73.9 Å². The molecule has 0 spiro atoms. The third-order valence-corrected chi connectivity index (χ3v) is 3.56. The lowest BCUT2D eigenvalue weighted by Gasteiger charge is -2.12. The fourth-order valence-electron chi connectivity index (χ4n) is 2.40. The average Bonchev–Trinajstić information content (AvgIpc) is 2.64. The van der Waals surface area contributed by atoms with E-state index in [1.165, 1.54) is 7.11 Å². The van der Waals surface area contributed by atoms with E-state index < -0.39 is 5.97 Å². The first kappa shape index (κ1) is 19.3. The van der Waals surface area contributed by atoms with E-state index in [-0.39, 0.29) is 12.3 Å². The largest absolute Gasteiger partial charge is 0.490 e. The zero-order valence-electron chi connectivity index (χ0n) is 15.2. The second-order valence-electron chi connectivity index (χ2n) is 5.44. The fraction of sp³-hybridized carbons (Fsp3) is 0.300. The third kappa shape index (κ3) is 5.24. The number of ether oxygens (including phenoxy) is 3. The van der Waals surface area contributed by atoms with E-state index in [0.29, 0.717) is 36.0 Å². The summed E-state index contributed by atoms with van der Waals surface area (Å²) >= 11 is 0. The van der Waals surface area contributed by atoms with Gasteiger partial charge in [-0.3, -0.25) is 4.79 Å². The first-order valence-corrected chi connectivity index (χ1v) is 8.44. The van der Waals surface area contributed by atoms with Gasteiger partial charge in [-0.25, -0.2) is 4.79 Å². The molecule has 6 nitrogen and oxygen atoms in total. The van der Waals surface area contributed by atoms with Crippen LogP contribution >= 0.6 is 0 Å². The van der Waals surface area contributed by atoms with Crippen LogP contribution in [0, 0.1) is 0 Å². The van der Waals surface area contributed by atoms with Gasteiger partial charge in [0.2, 0.25) is 5.91 Å². The van der Waals surface area contributed by atoms with Crippen molar-refractivity contribution in [3.8, 4) is 11.5 Å². The van der Waals surface area contributed by atoms with Crippen LogP contribution in [-0.4, -0.2) is 32.2 Å². The zero-order chi connectivity index (χ0) is 18.9. The standard InChI is InChI=1S/C20H23NO5/c1-4-25-17-11-6-14(12-18(17)26-5-2)13-19(22)21-16-9-7-15(8-10-16)20(23)24-3/h6-12H,4-5,13H2,1-3H3,(H,21,22). The molecule has 0 heterocycles. The minimum atomic E-state index is -0.416. The van der Waals surface area contributed by atoms with Gasteiger partial charge in [0, 0.05) is 5.69 Å². The first-order chi connectivity index (χ1) is 12.6. The van der Waals surface area contributed by atoms with Crippen LogP contribution in [0.15, 0.2) is 42.5 Å². The normalized spacial score (nSPS) is 10.1. The van der Waals surface area contributed by atoms with Crippen molar-refractivity contribution >= 4 is 17.6 Å². The van der Waals surface area contributed by atoms with Gasteiger partial charge in [0.15, 0.2) is 11.5 Å². The molecule has 1 amide bonds. The van der Waals surface area contributed by atoms with Crippen LogP contribution in [0.1, 0.15) is 29.8 Å². The van der Waals surface area contributed by atoms with Crippen LogP contribution < -0.4 is 14.8 Å². The monoisotopic (exact) mass is 357 g/mol. The van der Waals surface area contributed by atoms with Crippen molar-refractivity contribution in [1.82, 2.24) is 0 Å². The van der Waals surface area contributed by atoms with E-state index in [1.54, 1.807) is 24.3 Å². The highest BCUT2D eigenvalue weighted by atomic mass is 16.5. The van der Waals surface area contributed by atoms with Gasteiger partial charge in [0.25, 0.3) is 0 Å². The molecule has 2 aromatic rings. The maximum absolute atomic E-state index is 12.3. The number of rotatable bonds is 8. The summed E-state index contributed by atoms with van der Waals surface area (Å²) in [6.07, 6.45) is 0.200. The van der Waals surface area contributed by atoms with Crippen molar-refractivity contribution < 1.29 is 23.8 Å². The summed E-state index contributed by atoms with van der Waals surface area (Å²) in [6, 6.07) is 12.0. The molecule has 2 rings (SSSR count). The molecule has 0 aliphatic rings. The molecule has 1 N–H and O–H groups in total. The predicted molar refractivity (Wildman–Crippen MR) is 98.9 cm³/mol. The predicted octanol–water partition coefficient (Wildman–Crippen LogP) is 3.45. The van der Waals surface area contributed by atoms with E-state index >= 15 is 0 Å². The fourth-order valence-corrected chi connectivity index (χ4v) is 2.40. The third-order valence-electron chi connectivity index (χ3n) is 3.56. The summed E-state index contributed by atoms with van der Waals surface area (Å²) in [5, 5.41) is 2.80. The van der Waals surface area contributed by atoms with Gasteiger partial charge in [0.1, 0.15) is 0 Å². The van der Waals surface area contributed by atoms with Crippen LogP contribution in [0.5, 0.6) is 11.5 Å². The minimum absolute atomic E-state index is 0.164. The molecule has 0 bridgehead atoms. The summed E-state index contributed by atoms with van der Waals surface area (Å²) in [6.45, 7) is 4.86. The lowest BCUT2D eigenvalue weighted by atomic mass is 10.1. The van der Waals surface area contributed by atoms with E-state index in [4.69, 9.17) is 9.47 Å². The highest BCUT2D eigenvalue weighted by Crippen LogP contribution is 2.28. The quantitative estimate of drug-likeness (QED) is 0.733. The van der Waals surface area contributed by atoms with Crippen LogP contribution in [0.3, 0.4) is 0 Å². The Balaban J connectivity index is 2.02. The minimum Gasteiger partial charge on any atom is -0.490 e. The number of methoxy groups -OCH3 is 1. The zero-order valence-corrected chi connectivity index (χ0v) is 15.2. The Hall–Kier alpha value is -3.02. The maximum atomic E-state index is 12.3. The van der Waals surface area contributed by atoms with Crippen LogP contribution in [0.4, 0.5) is 5.69 Å². The molecule has 0 radical (unpaired) electrons. The maximum Gasteiger partial charge on any atom is 0.337 e. The molecule has 2 aromatic carbocycles. The Morgan fingerprint density at radius 2 is 1.58 bits per heavy atom. The second kappa shape index (κ2) is 9.46. The molecule has 6 heteroatoms. The molecule has 0 aliphatic carbocycles. The Kier molecular flexibility index (Phi) is 7.02. The van der Waals surface area contributed by atoms with E-state index in [9.17, 15) is 9.59 Å². The van der Waals surface area contributed by atoms with Crippen molar-refractivity contribution in [2.45, 2.75) is 20.3 Å². The van der Waals surface area contributed by atoms with Gasteiger partial charge in [0.05, 0.1) is 32.3 Å². The molecule has 138 valence electrons. The molecule has 26 heavy (non-hydrogen) atoms. The SMILES string of the molecule is CCOc1ccc(CC(=O)Nc2ccc(C(=O)OC)cc2)cc1OCC. The number of esters is 1. The highest BCUT2D eigenvalue weighted by Gasteiger charge is 2.10. The Morgan fingerprint density at radius 3 is 2.19 bits per heavy atom. The van der Waals surface area contributed by atoms with Crippen molar-refractivity contribution in [2.75, 3.05) is 25.6 Å². The molecule has 0 unspecified atom stereocenters. The van der Waals surface area contributed by atoms with E-state index in [2.05, 4.69) is 10.1 Å². The number of hydrogen-bond donors (Lipinski definition) is 1. The van der Waals surface area contributed by atoms with Crippen molar-refractivity contribution in [1.29, 1.82) is 0 Å². The molecule has 0 fully saturated rings. The number of amides is 1. The number of carbonyl (C=O) groups is 2. The van der Waals surface area contributed by atoms with Crippen LogP contribution in [0.25, 0.3) is 0 Å². The van der Waals surface area contributed by atoms with Crippen molar-refractivity contribution in [3.63, 3.8) is 0 Å². The van der Waals surface area contributed by atoms with E-state index in [0.717, 1.165) is 5.56 Å². The van der Waals surface area contributed by atoms with Gasteiger partial charge in [-0.2, -0.15) is 0 Å². The molecule has 0 aliphatic heterocycles. The van der Waals surface area contributed by atoms with Crippen LogP contribution in [0.2, 0.25) is 0 Å². The highest BCUT2D eigenvalue weighted by molar-refractivity contribution is 5.94. The summed E-state index contributed by atoms with van der Waals surface area (Å²) in [5.74, 6) is 0.710. The second-order valence-corrected chi connectivity index (χ2v) is 5.44. The van der Waals surface area contributed by atoms with Crippen LogP contribution in [-0.2, 0) is 16.0 Å². The molecule has 0 saturated carbocycles. The molecular weight excluding hydrogens is 334 g/mol. The number of carbonyl (C=O) groups excluding carboxylic acids is 2. The Morgan fingerprint density at radius 1 is 0.923 bits per heavy atom. The van der Waals surface area contributed by atoms with Gasteiger partial charge < -0.3 is 19.5 Å². The van der Waals surface area contributed by atoms with Gasteiger partial charge in [-0.05, 0) is 55.8 Å². The number of anilines is 1. The van der Waals surface area contributed by atoms with Gasteiger partial charge in [-0.1, -0.05) is 6.07 Å². The smallest absolute Gasteiger partial charge is 0.337 e.